The Kier molecular flexibility index (Phi) is 11.2. The van der Waals surface area contributed by atoms with Crippen LogP contribution < -0.4 is 9.16 Å². The summed E-state index contributed by atoms with van der Waals surface area (Å²) >= 11 is 0. The van der Waals surface area contributed by atoms with E-state index in [9.17, 15) is 0 Å². The monoisotopic (exact) mass is 645 g/mol. The number of nitrogens with zero attached hydrogens (tertiary/aromatic N) is 3. The van der Waals surface area contributed by atoms with Crippen LogP contribution in [0.1, 0.15) is 72.1 Å². The third kappa shape index (κ3) is 8.76. The van der Waals surface area contributed by atoms with Crippen molar-refractivity contribution in [1.29, 1.82) is 0 Å². The molecule has 1 fully saturated rings. The number of benzene rings is 2. The van der Waals surface area contributed by atoms with E-state index in [-0.39, 0.29) is 23.5 Å². The fourth-order valence-corrected chi connectivity index (χ4v) is 6.27. The van der Waals surface area contributed by atoms with Crippen LogP contribution in [0.15, 0.2) is 67.0 Å². The molecule has 0 amide bonds. The minimum absolute atomic E-state index is 0.0127. The third-order valence-corrected chi connectivity index (χ3v) is 13.4. The van der Waals surface area contributed by atoms with Gasteiger partial charge in [0.1, 0.15) is 17.2 Å². The van der Waals surface area contributed by atoms with Gasteiger partial charge in [-0.05, 0) is 81.1 Å². The number of hydrogen-bond acceptors (Lipinski definition) is 7. The summed E-state index contributed by atoms with van der Waals surface area (Å²) in [5, 5.41) is 6.24. The van der Waals surface area contributed by atoms with Crippen LogP contribution >= 0.6 is 0 Å². The number of pyridine rings is 1. The average Bonchev–Trinajstić information content (AvgIpc) is 3.41. The van der Waals surface area contributed by atoms with E-state index < -0.39 is 8.32 Å². The van der Waals surface area contributed by atoms with Gasteiger partial charge in [-0.2, -0.15) is 5.10 Å². The van der Waals surface area contributed by atoms with Crippen molar-refractivity contribution in [1.82, 2.24) is 14.8 Å². The molecule has 1 unspecified atom stereocenters. The first-order valence-electron chi connectivity index (χ1n) is 16.7. The molecule has 0 spiro atoms. The summed E-state index contributed by atoms with van der Waals surface area (Å²) < 4.78 is 33.0. The van der Waals surface area contributed by atoms with Crippen molar-refractivity contribution in [3.8, 4) is 22.8 Å². The zero-order valence-corrected chi connectivity index (χ0v) is 29.6. The standard InChI is InChI=1S/C37H51N3O5Si/c1-27(18-20-41-25-28(2)43-26-29-13-9-8-10-14-29)44-32-21-30(23-38-24-32)36-33-22-31(45-46(6,7)37(3,4)5)16-17-34(33)40(39-36)35-15-11-12-19-42-35/h8-10,13-14,16-17,21-24,27-28,35H,11-12,15,18-20,25-26H2,1-7H3/t27-,28-,35?/m0/s1. The lowest BCUT2D eigenvalue weighted by Gasteiger charge is -2.36. The van der Waals surface area contributed by atoms with Gasteiger partial charge in [-0.3, -0.25) is 4.98 Å². The van der Waals surface area contributed by atoms with E-state index >= 15 is 0 Å². The quantitative estimate of drug-likeness (QED) is 0.100. The summed E-state index contributed by atoms with van der Waals surface area (Å²) in [6, 6.07) is 18.5. The van der Waals surface area contributed by atoms with Gasteiger partial charge >= 0.3 is 0 Å². The normalized spacial score (nSPS) is 17.2. The Balaban J connectivity index is 1.26. The van der Waals surface area contributed by atoms with Gasteiger partial charge < -0.3 is 23.4 Å². The second-order valence-electron chi connectivity index (χ2n) is 14.0. The molecule has 2 aromatic carbocycles. The predicted octanol–water partition coefficient (Wildman–Crippen LogP) is 8.96. The molecule has 4 aromatic rings. The highest BCUT2D eigenvalue weighted by atomic mass is 28.4. The van der Waals surface area contributed by atoms with Crippen molar-refractivity contribution in [2.45, 2.75) is 103 Å². The zero-order chi connectivity index (χ0) is 32.7. The molecular weight excluding hydrogens is 595 g/mol. The van der Waals surface area contributed by atoms with Crippen LogP contribution in [0.25, 0.3) is 22.2 Å². The first kappa shape index (κ1) is 34.1. The SMILES string of the molecule is C[C@@H](COCC[C@H](C)Oc1cncc(-c2nn(C3CCCCO3)c3ccc(O[Si](C)(C)C(C)(C)C)cc23)c1)OCc1ccccc1. The Bertz CT molecular complexity index is 1550. The van der Waals surface area contributed by atoms with Crippen LogP contribution in [-0.4, -0.2) is 55.1 Å². The summed E-state index contributed by atoms with van der Waals surface area (Å²) in [6.45, 7) is 17.9. The lowest BCUT2D eigenvalue weighted by Crippen LogP contribution is -2.43. The van der Waals surface area contributed by atoms with Crippen LogP contribution in [0.2, 0.25) is 18.1 Å². The van der Waals surface area contributed by atoms with Crippen LogP contribution in [0.4, 0.5) is 0 Å². The molecule has 3 atom stereocenters. The highest BCUT2D eigenvalue weighted by Gasteiger charge is 2.39. The number of hydrogen-bond donors (Lipinski definition) is 0. The van der Waals surface area contributed by atoms with Crippen LogP contribution in [-0.2, 0) is 20.8 Å². The first-order valence-corrected chi connectivity index (χ1v) is 19.6. The summed E-state index contributed by atoms with van der Waals surface area (Å²) in [7, 11) is -2.02. The molecule has 0 radical (unpaired) electrons. The molecule has 0 saturated carbocycles. The maximum absolute atomic E-state index is 6.70. The number of ether oxygens (including phenoxy) is 4. The molecule has 1 aliphatic heterocycles. The van der Waals surface area contributed by atoms with Crippen molar-refractivity contribution in [3.63, 3.8) is 0 Å². The molecule has 9 heteroatoms. The zero-order valence-electron chi connectivity index (χ0n) is 28.6. The van der Waals surface area contributed by atoms with Gasteiger partial charge in [0.05, 0.1) is 43.7 Å². The van der Waals surface area contributed by atoms with Crippen molar-refractivity contribution >= 4 is 19.2 Å². The lowest BCUT2D eigenvalue weighted by molar-refractivity contribution is -0.0365. The van der Waals surface area contributed by atoms with Crippen molar-refractivity contribution < 1.29 is 23.4 Å². The topological polar surface area (TPSA) is 76.9 Å². The van der Waals surface area contributed by atoms with Crippen molar-refractivity contribution in [2.75, 3.05) is 19.8 Å². The largest absolute Gasteiger partial charge is 0.543 e. The summed E-state index contributed by atoms with van der Waals surface area (Å²) in [5.41, 5.74) is 3.94. The molecule has 3 heterocycles. The number of aromatic nitrogens is 3. The van der Waals surface area contributed by atoms with Crippen LogP contribution in [0, 0.1) is 0 Å². The average molecular weight is 646 g/mol. The van der Waals surface area contributed by atoms with Crippen molar-refractivity contribution in [2.24, 2.45) is 0 Å². The Morgan fingerprint density at radius 1 is 0.978 bits per heavy atom. The van der Waals surface area contributed by atoms with Crippen LogP contribution in [0.3, 0.4) is 0 Å². The maximum atomic E-state index is 6.70. The Morgan fingerprint density at radius 3 is 2.52 bits per heavy atom. The lowest BCUT2D eigenvalue weighted by atomic mass is 10.1. The van der Waals surface area contributed by atoms with E-state index in [4.69, 9.17) is 28.5 Å². The Morgan fingerprint density at radius 2 is 1.78 bits per heavy atom. The number of rotatable bonds is 14. The molecule has 1 saturated heterocycles. The third-order valence-electron chi connectivity index (χ3n) is 9.01. The Labute approximate surface area is 275 Å². The molecule has 5 rings (SSSR count). The van der Waals surface area contributed by atoms with Gasteiger partial charge in [0.2, 0.25) is 8.32 Å². The molecule has 0 N–H and O–H groups in total. The van der Waals surface area contributed by atoms with E-state index in [0.29, 0.717) is 25.6 Å². The minimum atomic E-state index is -2.02. The van der Waals surface area contributed by atoms with E-state index in [1.54, 1.807) is 6.20 Å². The van der Waals surface area contributed by atoms with Gasteiger partial charge in [0.25, 0.3) is 0 Å². The van der Waals surface area contributed by atoms with Gasteiger partial charge in [0.15, 0.2) is 6.23 Å². The van der Waals surface area contributed by atoms with Crippen LogP contribution in [0.5, 0.6) is 11.5 Å². The van der Waals surface area contributed by atoms with Crippen molar-refractivity contribution in [3.05, 3.63) is 72.6 Å². The van der Waals surface area contributed by atoms with E-state index in [1.165, 1.54) is 0 Å². The molecule has 0 aliphatic carbocycles. The molecule has 248 valence electrons. The molecule has 2 aromatic heterocycles. The van der Waals surface area contributed by atoms with E-state index in [2.05, 4.69) is 76.1 Å². The van der Waals surface area contributed by atoms with Gasteiger partial charge in [0, 0.05) is 30.2 Å². The van der Waals surface area contributed by atoms with Gasteiger partial charge in [-0.15, -0.1) is 0 Å². The van der Waals surface area contributed by atoms with E-state index in [0.717, 1.165) is 65.8 Å². The first-order chi connectivity index (χ1) is 22.0. The van der Waals surface area contributed by atoms with E-state index in [1.807, 2.05) is 42.1 Å². The summed E-state index contributed by atoms with van der Waals surface area (Å²) in [4.78, 5) is 4.54. The molecule has 8 nitrogen and oxygen atoms in total. The second-order valence-corrected chi connectivity index (χ2v) is 18.7. The summed E-state index contributed by atoms with van der Waals surface area (Å²) in [5.74, 6) is 1.58. The molecule has 1 aliphatic rings. The second kappa shape index (κ2) is 15.1. The summed E-state index contributed by atoms with van der Waals surface area (Å²) in [6.07, 6.45) is 7.39. The fraction of sp³-hybridized carbons (Fsp3) is 0.514. The highest BCUT2D eigenvalue weighted by molar-refractivity contribution is 6.74. The molecular formula is C37H51N3O5Si. The van der Waals surface area contributed by atoms with Gasteiger partial charge in [-0.25, -0.2) is 4.68 Å². The molecule has 0 bridgehead atoms. The highest BCUT2D eigenvalue weighted by Crippen LogP contribution is 2.40. The van der Waals surface area contributed by atoms with Gasteiger partial charge in [-0.1, -0.05) is 51.1 Å². The molecule has 46 heavy (non-hydrogen) atoms. The maximum Gasteiger partial charge on any atom is 0.250 e. The number of fused-ring (bicyclic) bond motifs is 1. The fourth-order valence-electron chi connectivity index (χ4n) is 5.24. The predicted molar refractivity (Wildman–Crippen MR) is 186 cm³/mol. The smallest absolute Gasteiger partial charge is 0.250 e. The Hall–Kier alpha value is -3.24. The minimum Gasteiger partial charge on any atom is -0.543 e.